The highest BCUT2D eigenvalue weighted by atomic mass is 35.5. The van der Waals surface area contributed by atoms with Crippen molar-refractivity contribution in [2.24, 2.45) is 11.3 Å². The largest absolute Gasteiger partial charge is 0.481 e. The number of rotatable bonds is 7. The van der Waals surface area contributed by atoms with Gasteiger partial charge in [-0.15, -0.1) is 0 Å². The van der Waals surface area contributed by atoms with E-state index in [1.54, 1.807) is 18.2 Å². The minimum atomic E-state index is -1.20. The molecule has 2 atom stereocenters. The molecule has 1 aliphatic rings. The number of aromatic nitrogens is 3. The van der Waals surface area contributed by atoms with Gasteiger partial charge in [-0.2, -0.15) is 5.10 Å². The van der Waals surface area contributed by atoms with Crippen LogP contribution in [-0.2, 0) is 17.8 Å². The zero-order chi connectivity index (χ0) is 24.5. The van der Waals surface area contributed by atoms with E-state index < -0.39 is 23.0 Å². The van der Waals surface area contributed by atoms with Gasteiger partial charge in [-0.25, -0.2) is 13.8 Å². The summed E-state index contributed by atoms with van der Waals surface area (Å²) in [5.74, 6) is -1.42. The zero-order valence-electron chi connectivity index (χ0n) is 18.9. The number of carboxylic acids is 1. The molecule has 3 aromatic rings. The predicted octanol–water partition coefficient (Wildman–Crippen LogP) is 4.94. The van der Waals surface area contributed by atoms with Gasteiger partial charge in [0.25, 0.3) is 0 Å². The van der Waals surface area contributed by atoms with Crippen molar-refractivity contribution in [3.8, 4) is 0 Å². The smallest absolute Gasteiger partial charge is 0.310 e. The molecule has 7 nitrogen and oxygen atoms in total. The number of piperidine rings is 1. The second-order valence-electron chi connectivity index (χ2n) is 8.92. The Morgan fingerprint density at radius 1 is 1.32 bits per heavy atom. The van der Waals surface area contributed by atoms with Crippen LogP contribution in [0.2, 0.25) is 5.02 Å². The number of aromatic amines is 1. The first-order valence-electron chi connectivity index (χ1n) is 11.0. The Bertz CT molecular complexity index is 1200. The lowest BCUT2D eigenvalue weighted by atomic mass is 9.68. The number of carbonyl (C=O) groups is 1. The molecule has 3 N–H and O–H groups in total. The summed E-state index contributed by atoms with van der Waals surface area (Å²) in [6, 6.07) is 9.40. The van der Waals surface area contributed by atoms with E-state index in [0.717, 1.165) is 5.69 Å². The van der Waals surface area contributed by atoms with E-state index in [0.29, 0.717) is 36.8 Å². The molecule has 0 spiro atoms. The van der Waals surface area contributed by atoms with E-state index in [-0.39, 0.29) is 29.5 Å². The normalized spacial score (nSPS) is 20.9. The van der Waals surface area contributed by atoms with Gasteiger partial charge in [0.1, 0.15) is 17.5 Å². The average Bonchev–Trinajstić information content (AvgIpc) is 3.20. The Balaban J connectivity index is 1.52. The number of H-pyrrole nitrogens is 1. The van der Waals surface area contributed by atoms with Crippen LogP contribution in [0.3, 0.4) is 0 Å². The molecule has 1 fully saturated rings. The lowest BCUT2D eigenvalue weighted by Crippen LogP contribution is -2.51. The molecule has 1 aromatic carbocycles. The molecule has 10 heteroatoms. The van der Waals surface area contributed by atoms with E-state index in [1.165, 1.54) is 18.2 Å². The lowest BCUT2D eigenvalue weighted by Gasteiger charge is -2.44. The second-order valence-corrected chi connectivity index (χ2v) is 9.33. The number of nitrogens with one attached hydrogen (secondary N) is 2. The lowest BCUT2D eigenvalue weighted by molar-refractivity contribution is -0.156. The number of pyridine rings is 1. The quantitative estimate of drug-likeness (QED) is 0.435. The molecule has 2 aromatic heterocycles. The van der Waals surface area contributed by atoms with Crippen molar-refractivity contribution in [1.29, 1.82) is 0 Å². The molecule has 0 amide bonds. The average molecular weight is 490 g/mol. The summed E-state index contributed by atoms with van der Waals surface area (Å²) in [5.41, 5.74) is 0.204. The van der Waals surface area contributed by atoms with Crippen molar-refractivity contribution in [3.05, 3.63) is 70.0 Å². The molecule has 1 saturated heterocycles. The van der Waals surface area contributed by atoms with E-state index >= 15 is 0 Å². The molecular formula is C24H26ClF2N5O2. The van der Waals surface area contributed by atoms with Crippen molar-refractivity contribution >= 4 is 29.2 Å². The van der Waals surface area contributed by atoms with Crippen molar-refractivity contribution in [3.63, 3.8) is 0 Å². The zero-order valence-corrected chi connectivity index (χ0v) is 19.7. The molecule has 1 aliphatic heterocycles. The highest BCUT2D eigenvalue weighted by molar-refractivity contribution is 6.30. The molecule has 180 valence electrons. The van der Waals surface area contributed by atoms with Crippen molar-refractivity contribution < 1.29 is 18.7 Å². The van der Waals surface area contributed by atoms with Gasteiger partial charge in [0, 0.05) is 36.8 Å². The molecule has 0 aliphatic carbocycles. The molecule has 0 unspecified atom stereocenters. The maximum Gasteiger partial charge on any atom is 0.310 e. The molecule has 0 bridgehead atoms. The van der Waals surface area contributed by atoms with Gasteiger partial charge in [-0.1, -0.05) is 30.7 Å². The Morgan fingerprint density at radius 3 is 2.79 bits per heavy atom. The van der Waals surface area contributed by atoms with E-state index in [1.807, 2.05) is 18.7 Å². The first-order chi connectivity index (χ1) is 16.2. The summed E-state index contributed by atoms with van der Waals surface area (Å²) >= 11 is 5.89. The maximum atomic E-state index is 14.7. The number of aliphatic carboxylic acids is 1. The maximum absolute atomic E-state index is 14.7. The minimum absolute atomic E-state index is 0.0518. The third-order valence-electron chi connectivity index (χ3n) is 6.56. The van der Waals surface area contributed by atoms with Gasteiger partial charge in [0.05, 0.1) is 16.1 Å². The minimum Gasteiger partial charge on any atom is -0.481 e. The van der Waals surface area contributed by atoms with Crippen LogP contribution in [0.15, 0.2) is 36.4 Å². The molecular weight excluding hydrogens is 464 g/mol. The van der Waals surface area contributed by atoms with Crippen LogP contribution >= 0.6 is 11.6 Å². The number of carboxylic acid groups (broad SMARTS) is 1. The first kappa shape index (κ1) is 24.1. The van der Waals surface area contributed by atoms with E-state index in [4.69, 9.17) is 11.6 Å². The summed E-state index contributed by atoms with van der Waals surface area (Å²) in [5, 5.41) is 20.2. The summed E-state index contributed by atoms with van der Waals surface area (Å²) in [7, 11) is 0. The highest BCUT2D eigenvalue weighted by Gasteiger charge is 2.47. The van der Waals surface area contributed by atoms with Gasteiger partial charge in [0.2, 0.25) is 0 Å². The Hall–Kier alpha value is -3.04. The van der Waals surface area contributed by atoms with E-state index in [9.17, 15) is 18.7 Å². The fourth-order valence-corrected chi connectivity index (χ4v) is 4.75. The predicted molar refractivity (Wildman–Crippen MR) is 125 cm³/mol. The van der Waals surface area contributed by atoms with Crippen LogP contribution in [0.5, 0.6) is 0 Å². The summed E-state index contributed by atoms with van der Waals surface area (Å²) in [4.78, 5) is 18.8. The number of aryl methyl sites for hydroxylation is 1. The Kier molecular flexibility index (Phi) is 6.86. The van der Waals surface area contributed by atoms with Crippen LogP contribution < -0.4 is 5.32 Å². The number of hydrogen-bond acceptors (Lipinski definition) is 5. The molecule has 3 heterocycles. The first-order valence-corrected chi connectivity index (χ1v) is 11.4. The number of benzene rings is 1. The molecule has 0 radical (unpaired) electrons. The third-order valence-corrected chi connectivity index (χ3v) is 6.86. The topological polar surface area (TPSA) is 94.1 Å². The van der Waals surface area contributed by atoms with Crippen molar-refractivity contribution in [2.75, 3.05) is 18.4 Å². The number of halogens is 3. The van der Waals surface area contributed by atoms with Crippen LogP contribution in [-0.4, -0.2) is 44.2 Å². The number of likely N-dealkylation sites (tertiary alicyclic amines) is 1. The standard InChI is InChI=1S/C24H26ClF2N5O2/c1-14-12-32(13-16-4-3-5-17(25)22(16)27)9-8-24(14,23(33)34)11-19-18(26)6-7-20(28-19)29-21-10-15(2)30-31-21/h3-7,10,14H,8-9,11-13H2,1-2H3,(H,33,34)(H2,28,29,30,31)/t14-,24-/m1/s1. The van der Waals surface area contributed by atoms with Gasteiger partial charge in [-0.3, -0.25) is 14.8 Å². The SMILES string of the molecule is Cc1cc(Nc2ccc(F)c(C[C@]3(C(=O)O)CCN(Cc4cccc(Cl)c4F)C[C@H]3C)n2)n[nH]1. The van der Waals surface area contributed by atoms with Crippen LogP contribution in [0.25, 0.3) is 0 Å². The van der Waals surface area contributed by atoms with Crippen LogP contribution in [0.1, 0.15) is 30.3 Å². The Morgan fingerprint density at radius 2 is 2.12 bits per heavy atom. The van der Waals surface area contributed by atoms with Gasteiger partial charge in [-0.05, 0) is 44.0 Å². The van der Waals surface area contributed by atoms with Crippen LogP contribution in [0.4, 0.5) is 20.4 Å². The number of anilines is 2. The fraction of sp³-hybridized carbons (Fsp3) is 0.375. The summed E-state index contributed by atoms with van der Waals surface area (Å²) in [6.07, 6.45) is 0.229. The summed E-state index contributed by atoms with van der Waals surface area (Å²) < 4.78 is 29.1. The number of nitrogens with zero attached hydrogens (tertiary/aromatic N) is 3. The molecule has 4 rings (SSSR count). The van der Waals surface area contributed by atoms with Gasteiger partial charge in [0.15, 0.2) is 5.82 Å². The monoisotopic (exact) mass is 489 g/mol. The van der Waals surface area contributed by atoms with Crippen molar-refractivity contribution in [2.45, 2.75) is 33.2 Å². The Labute approximate surface area is 201 Å². The van der Waals surface area contributed by atoms with Crippen LogP contribution in [0, 0.1) is 29.9 Å². The van der Waals surface area contributed by atoms with Gasteiger partial charge >= 0.3 is 5.97 Å². The number of hydrogen-bond donors (Lipinski definition) is 3. The third kappa shape index (κ3) is 4.90. The second kappa shape index (κ2) is 9.68. The summed E-state index contributed by atoms with van der Waals surface area (Å²) in [6.45, 7) is 4.86. The molecule has 0 saturated carbocycles. The van der Waals surface area contributed by atoms with E-state index in [2.05, 4.69) is 20.5 Å². The van der Waals surface area contributed by atoms with Gasteiger partial charge < -0.3 is 10.4 Å². The fourth-order valence-electron chi connectivity index (χ4n) is 4.56. The highest BCUT2D eigenvalue weighted by Crippen LogP contribution is 2.41. The van der Waals surface area contributed by atoms with Crippen molar-refractivity contribution in [1.82, 2.24) is 20.1 Å². The molecule has 34 heavy (non-hydrogen) atoms.